The van der Waals surface area contributed by atoms with E-state index in [-0.39, 0.29) is 0 Å². The first-order valence-electron chi connectivity index (χ1n) is 7.96. The van der Waals surface area contributed by atoms with Crippen molar-refractivity contribution >= 4 is 0 Å². The first kappa shape index (κ1) is 15.5. The van der Waals surface area contributed by atoms with Crippen molar-refractivity contribution in [1.82, 2.24) is 15.2 Å². The molecule has 1 fully saturated rings. The minimum absolute atomic E-state index is 0.465. The van der Waals surface area contributed by atoms with Gasteiger partial charge in [-0.05, 0) is 50.0 Å². The third-order valence-corrected chi connectivity index (χ3v) is 4.52. The van der Waals surface area contributed by atoms with Crippen LogP contribution in [0.25, 0.3) is 0 Å². The Kier molecular flexibility index (Phi) is 5.99. The van der Waals surface area contributed by atoms with Crippen LogP contribution >= 0.6 is 0 Å². The zero-order valence-electron chi connectivity index (χ0n) is 13.1. The number of pyridine rings is 1. The van der Waals surface area contributed by atoms with Gasteiger partial charge in [-0.2, -0.15) is 0 Å². The molecule has 0 radical (unpaired) electrons. The minimum Gasteiger partial charge on any atom is -0.319 e. The van der Waals surface area contributed by atoms with Crippen molar-refractivity contribution < 1.29 is 0 Å². The smallest absolute Gasteiger partial charge is 0.0271 e. The number of hydrogen-bond acceptors (Lipinski definition) is 3. The Hall–Kier alpha value is -0.930. The summed E-state index contributed by atoms with van der Waals surface area (Å²) in [5.41, 5.74) is 1.82. The molecule has 1 aliphatic rings. The van der Waals surface area contributed by atoms with Crippen molar-refractivity contribution in [3.05, 3.63) is 30.1 Å². The maximum Gasteiger partial charge on any atom is 0.0271 e. The fraction of sp³-hybridized carbons (Fsp3) is 0.706. The largest absolute Gasteiger partial charge is 0.319 e. The van der Waals surface area contributed by atoms with E-state index in [1.54, 1.807) is 0 Å². The summed E-state index contributed by atoms with van der Waals surface area (Å²) in [4.78, 5) is 6.58. The summed E-state index contributed by atoms with van der Waals surface area (Å²) in [5.74, 6) is 0. The van der Waals surface area contributed by atoms with Gasteiger partial charge in [0.15, 0.2) is 0 Å². The lowest BCUT2D eigenvalue weighted by molar-refractivity contribution is 0.144. The van der Waals surface area contributed by atoms with Crippen molar-refractivity contribution in [2.45, 2.75) is 45.1 Å². The van der Waals surface area contributed by atoms with Crippen LogP contribution < -0.4 is 5.32 Å². The molecule has 0 bridgehead atoms. The molecule has 0 spiro atoms. The lowest BCUT2D eigenvalue weighted by Gasteiger charge is -2.36. The van der Waals surface area contributed by atoms with Gasteiger partial charge in [-0.25, -0.2) is 0 Å². The molecule has 0 aliphatic heterocycles. The highest BCUT2D eigenvalue weighted by Crippen LogP contribution is 2.35. The van der Waals surface area contributed by atoms with Gasteiger partial charge >= 0.3 is 0 Å². The SMILES string of the molecule is CNCC1(CN(C)Cc2ccncc2)CCCCCC1. The first-order valence-corrected chi connectivity index (χ1v) is 7.96. The quantitative estimate of drug-likeness (QED) is 0.809. The summed E-state index contributed by atoms with van der Waals surface area (Å²) in [6, 6.07) is 4.24. The highest BCUT2D eigenvalue weighted by Gasteiger charge is 2.31. The van der Waals surface area contributed by atoms with E-state index >= 15 is 0 Å². The van der Waals surface area contributed by atoms with Crippen LogP contribution in [0.15, 0.2) is 24.5 Å². The van der Waals surface area contributed by atoms with Crippen molar-refractivity contribution in [1.29, 1.82) is 0 Å². The molecule has 2 rings (SSSR count). The third kappa shape index (κ3) is 4.57. The van der Waals surface area contributed by atoms with Gasteiger partial charge in [-0.3, -0.25) is 4.98 Å². The van der Waals surface area contributed by atoms with Gasteiger partial charge in [0.1, 0.15) is 0 Å². The van der Waals surface area contributed by atoms with Gasteiger partial charge in [0.2, 0.25) is 0 Å². The summed E-state index contributed by atoms with van der Waals surface area (Å²) in [6.45, 7) is 3.36. The van der Waals surface area contributed by atoms with Crippen molar-refractivity contribution in [2.75, 3.05) is 27.2 Å². The van der Waals surface area contributed by atoms with Crippen LogP contribution in [0.2, 0.25) is 0 Å². The first-order chi connectivity index (χ1) is 9.74. The maximum atomic E-state index is 4.10. The van der Waals surface area contributed by atoms with E-state index in [1.807, 2.05) is 12.4 Å². The number of aromatic nitrogens is 1. The van der Waals surface area contributed by atoms with Crippen molar-refractivity contribution in [3.8, 4) is 0 Å². The second kappa shape index (κ2) is 7.75. The lowest BCUT2D eigenvalue weighted by Crippen LogP contribution is -2.41. The summed E-state index contributed by atoms with van der Waals surface area (Å²) < 4.78 is 0. The number of nitrogens with one attached hydrogen (secondary N) is 1. The molecule has 3 nitrogen and oxygen atoms in total. The Balaban J connectivity index is 1.96. The molecule has 0 unspecified atom stereocenters. The van der Waals surface area contributed by atoms with E-state index in [0.717, 1.165) is 13.1 Å². The maximum absolute atomic E-state index is 4.10. The molecule has 0 saturated heterocycles. The number of hydrogen-bond donors (Lipinski definition) is 1. The highest BCUT2D eigenvalue weighted by molar-refractivity contribution is 5.09. The van der Waals surface area contributed by atoms with Crippen LogP contribution in [-0.4, -0.2) is 37.1 Å². The topological polar surface area (TPSA) is 28.2 Å². The van der Waals surface area contributed by atoms with E-state index in [9.17, 15) is 0 Å². The molecule has 1 N–H and O–H groups in total. The molecule has 112 valence electrons. The van der Waals surface area contributed by atoms with Gasteiger partial charge in [0, 0.05) is 32.0 Å². The summed E-state index contributed by atoms with van der Waals surface area (Å²) in [7, 11) is 4.35. The Labute approximate surface area is 123 Å². The van der Waals surface area contributed by atoms with Crippen LogP contribution in [0.1, 0.15) is 44.1 Å². The van der Waals surface area contributed by atoms with Gasteiger partial charge < -0.3 is 10.2 Å². The fourth-order valence-corrected chi connectivity index (χ4v) is 3.67. The predicted octanol–water partition coefficient (Wildman–Crippen LogP) is 3.07. The van der Waals surface area contributed by atoms with Crippen LogP contribution in [0.5, 0.6) is 0 Å². The summed E-state index contributed by atoms with van der Waals surface area (Å²) in [5, 5.41) is 3.44. The Morgan fingerprint density at radius 2 is 1.80 bits per heavy atom. The molecule has 1 heterocycles. The average molecular weight is 275 g/mol. The molecule has 1 aliphatic carbocycles. The van der Waals surface area contributed by atoms with Crippen LogP contribution in [0.3, 0.4) is 0 Å². The van der Waals surface area contributed by atoms with E-state index in [0.29, 0.717) is 5.41 Å². The Morgan fingerprint density at radius 3 is 2.40 bits per heavy atom. The summed E-state index contributed by atoms with van der Waals surface area (Å²) in [6.07, 6.45) is 12.1. The molecule has 0 amide bonds. The Bertz CT molecular complexity index is 369. The number of rotatable bonds is 6. The van der Waals surface area contributed by atoms with Crippen LogP contribution in [-0.2, 0) is 6.54 Å². The standard InChI is InChI=1S/C17H29N3/c1-18-14-17(9-5-3-4-6-10-17)15-20(2)13-16-7-11-19-12-8-16/h7-8,11-12,18H,3-6,9-10,13-15H2,1-2H3. The zero-order chi connectivity index (χ0) is 14.3. The molecular weight excluding hydrogens is 246 g/mol. The summed E-state index contributed by atoms with van der Waals surface area (Å²) >= 11 is 0. The van der Waals surface area contributed by atoms with E-state index in [1.165, 1.54) is 50.6 Å². The monoisotopic (exact) mass is 275 g/mol. The van der Waals surface area contributed by atoms with E-state index in [2.05, 4.69) is 41.4 Å². The lowest BCUT2D eigenvalue weighted by atomic mass is 9.79. The normalized spacial score (nSPS) is 18.9. The molecule has 3 heteroatoms. The fourth-order valence-electron chi connectivity index (χ4n) is 3.67. The highest BCUT2D eigenvalue weighted by atomic mass is 15.1. The molecule has 20 heavy (non-hydrogen) atoms. The minimum atomic E-state index is 0.465. The van der Waals surface area contributed by atoms with Gasteiger partial charge in [0.05, 0.1) is 0 Å². The van der Waals surface area contributed by atoms with Crippen molar-refractivity contribution in [3.63, 3.8) is 0 Å². The zero-order valence-corrected chi connectivity index (χ0v) is 13.1. The second-order valence-corrected chi connectivity index (χ2v) is 6.47. The third-order valence-electron chi connectivity index (χ3n) is 4.52. The van der Waals surface area contributed by atoms with Gasteiger partial charge in [-0.15, -0.1) is 0 Å². The molecule has 0 aromatic carbocycles. The van der Waals surface area contributed by atoms with Gasteiger partial charge in [0.25, 0.3) is 0 Å². The van der Waals surface area contributed by atoms with E-state index in [4.69, 9.17) is 0 Å². The molecule has 1 aromatic heterocycles. The van der Waals surface area contributed by atoms with Crippen LogP contribution in [0, 0.1) is 5.41 Å². The average Bonchev–Trinajstić information content (AvgIpc) is 2.66. The Morgan fingerprint density at radius 1 is 1.15 bits per heavy atom. The molecule has 1 aromatic rings. The molecule has 0 atom stereocenters. The van der Waals surface area contributed by atoms with Crippen molar-refractivity contribution in [2.24, 2.45) is 5.41 Å². The number of nitrogens with zero attached hydrogens (tertiary/aromatic N) is 2. The predicted molar refractivity (Wildman–Crippen MR) is 84.6 cm³/mol. The van der Waals surface area contributed by atoms with Gasteiger partial charge in [-0.1, -0.05) is 25.7 Å². The van der Waals surface area contributed by atoms with E-state index < -0.39 is 0 Å². The second-order valence-electron chi connectivity index (χ2n) is 6.47. The molecular formula is C17H29N3. The van der Waals surface area contributed by atoms with Crippen LogP contribution in [0.4, 0.5) is 0 Å². The molecule has 1 saturated carbocycles.